The molecule has 2 rings (SSSR count). The molecule has 4 nitrogen and oxygen atoms in total. The van der Waals surface area contributed by atoms with Crippen molar-refractivity contribution >= 4 is 28.0 Å². The van der Waals surface area contributed by atoms with Crippen molar-refractivity contribution in [2.24, 2.45) is 0 Å². The highest BCUT2D eigenvalue weighted by molar-refractivity contribution is 7.84. The summed E-state index contributed by atoms with van der Waals surface area (Å²) < 4.78 is 13.4. The maximum atomic E-state index is 12.4. The Morgan fingerprint density at radius 1 is 1.33 bits per heavy atom. The molecule has 0 aliphatic heterocycles. The van der Waals surface area contributed by atoms with Crippen LogP contribution in [0.4, 0.5) is 0 Å². The van der Waals surface area contributed by atoms with Gasteiger partial charge in [0.2, 0.25) is 0 Å². The molecule has 0 saturated carbocycles. The maximum absolute atomic E-state index is 12.4. The van der Waals surface area contributed by atoms with Crippen molar-refractivity contribution in [3.63, 3.8) is 0 Å². The van der Waals surface area contributed by atoms with Gasteiger partial charge in [-0.2, -0.15) is 0 Å². The Morgan fingerprint density at radius 3 is 2.52 bits per heavy atom. The van der Waals surface area contributed by atoms with Gasteiger partial charge in [-0.05, 0) is 44.4 Å². The van der Waals surface area contributed by atoms with E-state index in [1.54, 1.807) is 17.6 Å². The molecule has 0 saturated heterocycles. The molecule has 0 aliphatic rings. The van der Waals surface area contributed by atoms with Gasteiger partial charge in [0.15, 0.2) is 0 Å². The van der Waals surface area contributed by atoms with Gasteiger partial charge in [0, 0.05) is 40.2 Å². The van der Waals surface area contributed by atoms with Gasteiger partial charge >= 0.3 is 0 Å². The number of hydrogen-bond acceptors (Lipinski definition) is 3. The highest BCUT2D eigenvalue weighted by Crippen LogP contribution is 2.25. The summed E-state index contributed by atoms with van der Waals surface area (Å²) in [4.78, 5) is 12.4. The first kappa shape index (κ1) is 16.0. The van der Waals surface area contributed by atoms with E-state index in [1.165, 1.54) is 0 Å². The molecular weight excluding hydrogens is 304 g/mol. The molecule has 2 heterocycles. The van der Waals surface area contributed by atoms with E-state index in [9.17, 15) is 9.00 Å². The number of hydrogen-bond donors (Lipinski definition) is 1. The van der Waals surface area contributed by atoms with Gasteiger partial charge in [0.25, 0.3) is 5.91 Å². The fourth-order valence-corrected chi connectivity index (χ4v) is 3.42. The van der Waals surface area contributed by atoms with Crippen LogP contribution in [0.5, 0.6) is 0 Å². The monoisotopic (exact) mass is 324 g/mol. The molecule has 0 radical (unpaired) electrons. The summed E-state index contributed by atoms with van der Waals surface area (Å²) >= 11 is 1.55. The lowest BCUT2D eigenvalue weighted by Gasteiger charge is -2.12. The zero-order chi connectivity index (χ0) is 15.6. The first-order chi connectivity index (χ1) is 9.91. The Hall–Kier alpha value is -1.40. The van der Waals surface area contributed by atoms with Crippen LogP contribution in [0.15, 0.2) is 23.6 Å². The number of carbonyl (C=O) groups excluding carboxylic acids is 1. The lowest BCUT2D eigenvalue weighted by molar-refractivity contribution is 0.0954. The third-order valence-corrected chi connectivity index (χ3v) is 5.68. The molecule has 1 amide bonds. The van der Waals surface area contributed by atoms with Gasteiger partial charge in [-0.15, -0.1) is 11.3 Å². The second-order valence-corrected chi connectivity index (χ2v) is 7.81. The summed E-state index contributed by atoms with van der Waals surface area (Å²) in [6.07, 6.45) is 1.65. The SMILES string of the molecule is Cc1ccc(C)n1-c1sccc1C(=O)NC[C@@H](C)[S@](C)=O. The van der Waals surface area contributed by atoms with Crippen LogP contribution < -0.4 is 5.32 Å². The summed E-state index contributed by atoms with van der Waals surface area (Å²) in [5, 5.41) is 5.67. The highest BCUT2D eigenvalue weighted by Gasteiger charge is 2.17. The quantitative estimate of drug-likeness (QED) is 0.919. The van der Waals surface area contributed by atoms with Gasteiger partial charge in [0.1, 0.15) is 5.00 Å². The van der Waals surface area contributed by atoms with Gasteiger partial charge < -0.3 is 9.88 Å². The second-order valence-electron chi connectivity index (χ2n) is 5.11. The molecule has 114 valence electrons. The number of carbonyl (C=O) groups is 1. The predicted molar refractivity (Wildman–Crippen MR) is 89.0 cm³/mol. The molecule has 0 unspecified atom stereocenters. The van der Waals surface area contributed by atoms with Gasteiger partial charge in [-0.1, -0.05) is 0 Å². The molecule has 0 fully saturated rings. The number of rotatable bonds is 5. The zero-order valence-corrected chi connectivity index (χ0v) is 14.3. The lowest BCUT2D eigenvalue weighted by atomic mass is 10.3. The summed E-state index contributed by atoms with van der Waals surface area (Å²) in [7, 11) is -0.933. The molecule has 0 aliphatic carbocycles. The van der Waals surface area contributed by atoms with Crippen LogP contribution in [0.2, 0.25) is 0 Å². The van der Waals surface area contributed by atoms with Crippen LogP contribution in [0, 0.1) is 13.8 Å². The van der Waals surface area contributed by atoms with Crippen molar-refractivity contribution in [2.45, 2.75) is 26.0 Å². The molecule has 2 aromatic heterocycles. The van der Waals surface area contributed by atoms with Crippen molar-refractivity contribution in [2.75, 3.05) is 12.8 Å². The van der Waals surface area contributed by atoms with E-state index in [2.05, 4.69) is 9.88 Å². The largest absolute Gasteiger partial charge is 0.351 e. The molecular formula is C15H20N2O2S2. The fourth-order valence-electron chi connectivity index (χ4n) is 2.09. The summed E-state index contributed by atoms with van der Waals surface area (Å²) in [6.45, 7) is 6.33. The van der Waals surface area contributed by atoms with E-state index in [-0.39, 0.29) is 11.2 Å². The van der Waals surface area contributed by atoms with Crippen molar-refractivity contribution in [1.29, 1.82) is 0 Å². The predicted octanol–water partition coefficient (Wildman–Crippen LogP) is 2.65. The average Bonchev–Trinajstić information content (AvgIpc) is 3.02. The van der Waals surface area contributed by atoms with Gasteiger partial charge in [-0.25, -0.2) is 0 Å². The third kappa shape index (κ3) is 3.44. The number of nitrogens with one attached hydrogen (secondary N) is 1. The number of amides is 1. The summed E-state index contributed by atoms with van der Waals surface area (Å²) in [5.41, 5.74) is 2.87. The maximum Gasteiger partial charge on any atom is 0.254 e. The van der Waals surface area contributed by atoms with E-state index in [0.29, 0.717) is 12.1 Å². The van der Waals surface area contributed by atoms with E-state index < -0.39 is 10.8 Å². The van der Waals surface area contributed by atoms with Crippen LogP contribution in [-0.2, 0) is 10.8 Å². The minimum atomic E-state index is -0.933. The third-order valence-electron chi connectivity index (χ3n) is 3.48. The number of aromatic nitrogens is 1. The minimum Gasteiger partial charge on any atom is -0.351 e. The number of aryl methyl sites for hydroxylation is 2. The summed E-state index contributed by atoms with van der Waals surface area (Å²) in [6, 6.07) is 5.92. The first-order valence-electron chi connectivity index (χ1n) is 6.75. The Bertz CT molecular complexity index is 654. The molecule has 2 aromatic rings. The normalized spacial score (nSPS) is 13.9. The molecule has 6 heteroatoms. The number of nitrogens with zero attached hydrogens (tertiary/aromatic N) is 1. The Morgan fingerprint density at radius 2 is 1.95 bits per heavy atom. The molecule has 0 aromatic carbocycles. The number of thiophene rings is 1. The van der Waals surface area contributed by atoms with Crippen LogP contribution >= 0.6 is 11.3 Å². The first-order valence-corrected chi connectivity index (χ1v) is 9.25. The van der Waals surface area contributed by atoms with Gasteiger partial charge in [0.05, 0.1) is 5.56 Å². The Balaban J connectivity index is 2.21. The van der Waals surface area contributed by atoms with E-state index >= 15 is 0 Å². The second kappa shape index (κ2) is 6.58. The minimum absolute atomic E-state index is 0.0499. The summed E-state index contributed by atoms with van der Waals surface area (Å²) in [5.74, 6) is -0.115. The van der Waals surface area contributed by atoms with Crippen LogP contribution in [0.25, 0.3) is 5.00 Å². The van der Waals surface area contributed by atoms with Gasteiger partial charge in [-0.3, -0.25) is 9.00 Å². The van der Waals surface area contributed by atoms with Crippen molar-refractivity contribution in [3.05, 3.63) is 40.5 Å². The van der Waals surface area contributed by atoms with E-state index in [1.807, 2.05) is 44.4 Å². The lowest BCUT2D eigenvalue weighted by Crippen LogP contribution is -2.32. The smallest absolute Gasteiger partial charge is 0.254 e. The molecule has 0 spiro atoms. The molecule has 2 atom stereocenters. The Labute approximate surface area is 131 Å². The standard InChI is InChI=1S/C15H20N2O2S2/c1-10-5-6-11(2)17(10)15-13(7-8-20-15)14(18)16-9-12(3)21(4)19/h5-8,12H,9H2,1-4H3,(H,16,18)/t12-,21+/m1/s1. The zero-order valence-electron chi connectivity index (χ0n) is 12.7. The highest BCUT2D eigenvalue weighted by atomic mass is 32.2. The van der Waals surface area contributed by atoms with Crippen molar-refractivity contribution in [1.82, 2.24) is 9.88 Å². The average molecular weight is 324 g/mol. The fraction of sp³-hybridized carbons (Fsp3) is 0.400. The van der Waals surface area contributed by atoms with E-state index in [4.69, 9.17) is 0 Å². The van der Waals surface area contributed by atoms with Crippen LogP contribution in [0.1, 0.15) is 28.7 Å². The van der Waals surface area contributed by atoms with Crippen LogP contribution in [-0.4, -0.2) is 32.7 Å². The molecule has 21 heavy (non-hydrogen) atoms. The van der Waals surface area contributed by atoms with Crippen molar-refractivity contribution < 1.29 is 9.00 Å². The van der Waals surface area contributed by atoms with E-state index in [0.717, 1.165) is 16.4 Å². The van der Waals surface area contributed by atoms with Crippen molar-refractivity contribution in [3.8, 4) is 5.00 Å². The molecule has 0 bridgehead atoms. The van der Waals surface area contributed by atoms with Crippen LogP contribution in [0.3, 0.4) is 0 Å². The molecule has 1 N–H and O–H groups in total. The topological polar surface area (TPSA) is 51.1 Å². The Kier molecular flexibility index (Phi) is 5.00.